The van der Waals surface area contributed by atoms with E-state index in [-0.39, 0.29) is 5.54 Å². The summed E-state index contributed by atoms with van der Waals surface area (Å²) in [5.41, 5.74) is 6.89. The lowest BCUT2D eigenvalue weighted by atomic mass is 10.1. The van der Waals surface area contributed by atoms with Gasteiger partial charge in [-0.3, -0.25) is 4.90 Å². The van der Waals surface area contributed by atoms with Crippen LogP contribution in [-0.4, -0.2) is 53.4 Å². The smallest absolute Gasteiger partial charge is 0.151 e. The van der Waals surface area contributed by atoms with Gasteiger partial charge in [-0.05, 0) is 32.9 Å². The molecule has 1 saturated heterocycles. The summed E-state index contributed by atoms with van der Waals surface area (Å²) in [4.78, 5) is 4.70. The minimum atomic E-state index is -0.119. The maximum atomic E-state index is 6.05. The molecule has 0 unspecified atom stereocenters. The van der Waals surface area contributed by atoms with E-state index in [9.17, 15) is 0 Å². The molecule has 2 rings (SSSR count). The summed E-state index contributed by atoms with van der Waals surface area (Å²) >= 11 is 0. The van der Waals surface area contributed by atoms with Crippen LogP contribution in [0.3, 0.4) is 0 Å². The molecule has 2 heterocycles. The van der Waals surface area contributed by atoms with Gasteiger partial charge in [-0.2, -0.15) is 5.10 Å². The first kappa shape index (κ1) is 13.2. The fraction of sp³-hybridized carbons (Fsp3) is 0.692. The highest BCUT2D eigenvalue weighted by Crippen LogP contribution is 2.13. The molecule has 5 nitrogen and oxygen atoms in total. The second-order valence-corrected chi connectivity index (χ2v) is 5.78. The third kappa shape index (κ3) is 3.65. The summed E-state index contributed by atoms with van der Waals surface area (Å²) in [6.45, 7) is 11.1. The molecular formula is C13H23N5. The van der Waals surface area contributed by atoms with Gasteiger partial charge < -0.3 is 10.6 Å². The minimum Gasteiger partial charge on any atom is -0.353 e. The van der Waals surface area contributed by atoms with Gasteiger partial charge >= 0.3 is 0 Å². The third-order valence-electron chi connectivity index (χ3n) is 3.11. The highest BCUT2D eigenvalue weighted by atomic mass is 15.3. The van der Waals surface area contributed by atoms with E-state index in [2.05, 4.69) is 33.8 Å². The van der Waals surface area contributed by atoms with Gasteiger partial charge in [0.1, 0.15) is 0 Å². The number of nitrogens with two attached hydrogens (primary N) is 1. The number of aryl methyl sites for hydroxylation is 1. The maximum Gasteiger partial charge on any atom is 0.151 e. The fourth-order valence-electron chi connectivity index (χ4n) is 2.27. The topological polar surface area (TPSA) is 58.3 Å². The predicted molar refractivity (Wildman–Crippen MR) is 73.7 cm³/mol. The van der Waals surface area contributed by atoms with Crippen molar-refractivity contribution in [1.29, 1.82) is 0 Å². The van der Waals surface area contributed by atoms with Gasteiger partial charge in [0, 0.05) is 38.3 Å². The van der Waals surface area contributed by atoms with E-state index in [0.717, 1.165) is 44.2 Å². The molecule has 0 aliphatic carbocycles. The Labute approximate surface area is 109 Å². The molecule has 5 heteroatoms. The Bertz CT molecular complexity index is 373. The molecule has 0 spiro atoms. The van der Waals surface area contributed by atoms with E-state index in [0.29, 0.717) is 0 Å². The molecule has 2 N–H and O–H groups in total. The van der Waals surface area contributed by atoms with Gasteiger partial charge in [-0.1, -0.05) is 0 Å². The van der Waals surface area contributed by atoms with Crippen LogP contribution < -0.4 is 10.6 Å². The molecule has 0 radical (unpaired) electrons. The molecule has 1 aromatic heterocycles. The molecule has 18 heavy (non-hydrogen) atoms. The zero-order valence-corrected chi connectivity index (χ0v) is 11.6. The first-order valence-electron chi connectivity index (χ1n) is 6.50. The Morgan fingerprint density at radius 1 is 1.17 bits per heavy atom. The first-order valence-corrected chi connectivity index (χ1v) is 6.50. The van der Waals surface area contributed by atoms with Crippen molar-refractivity contribution in [2.75, 3.05) is 37.6 Å². The van der Waals surface area contributed by atoms with Crippen molar-refractivity contribution in [1.82, 2.24) is 15.1 Å². The monoisotopic (exact) mass is 249 g/mol. The van der Waals surface area contributed by atoms with Gasteiger partial charge in [-0.15, -0.1) is 5.10 Å². The Morgan fingerprint density at radius 3 is 2.33 bits per heavy atom. The predicted octanol–water partition coefficient (Wildman–Crippen LogP) is 0.644. The van der Waals surface area contributed by atoms with E-state index >= 15 is 0 Å². The average molecular weight is 249 g/mol. The second-order valence-electron chi connectivity index (χ2n) is 5.78. The van der Waals surface area contributed by atoms with E-state index in [1.807, 2.05) is 19.1 Å². The van der Waals surface area contributed by atoms with Crippen molar-refractivity contribution in [3.8, 4) is 0 Å². The molecule has 0 saturated carbocycles. The molecule has 0 atom stereocenters. The van der Waals surface area contributed by atoms with Gasteiger partial charge in [0.05, 0.1) is 5.69 Å². The van der Waals surface area contributed by atoms with Crippen LogP contribution in [0.4, 0.5) is 5.82 Å². The number of piperazine rings is 1. The van der Waals surface area contributed by atoms with Crippen molar-refractivity contribution in [3.05, 3.63) is 17.8 Å². The van der Waals surface area contributed by atoms with Gasteiger partial charge in [0.15, 0.2) is 5.82 Å². The van der Waals surface area contributed by atoms with Crippen LogP contribution in [0.25, 0.3) is 0 Å². The lowest BCUT2D eigenvalue weighted by Gasteiger charge is -2.38. The Balaban J connectivity index is 1.88. The van der Waals surface area contributed by atoms with Crippen LogP contribution >= 0.6 is 0 Å². The number of nitrogens with zero attached hydrogens (tertiary/aromatic N) is 4. The quantitative estimate of drug-likeness (QED) is 0.852. The zero-order chi connectivity index (χ0) is 13.2. The van der Waals surface area contributed by atoms with Crippen LogP contribution in [0.15, 0.2) is 12.1 Å². The summed E-state index contributed by atoms with van der Waals surface area (Å²) in [6.07, 6.45) is 0. The average Bonchev–Trinajstić information content (AvgIpc) is 2.29. The molecule has 1 aromatic rings. The molecule has 1 aliphatic rings. The largest absolute Gasteiger partial charge is 0.353 e. The van der Waals surface area contributed by atoms with Gasteiger partial charge in [0.2, 0.25) is 0 Å². The van der Waals surface area contributed by atoms with E-state index in [4.69, 9.17) is 5.73 Å². The molecule has 1 aliphatic heterocycles. The third-order valence-corrected chi connectivity index (χ3v) is 3.11. The number of aromatic nitrogens is 2. The summed E-state index contributed by atoms with van der Waals surface area (Å²) < 4.78 is 0. The van der Waals surface area contributed by atoms with Crippen molar-refractivity contribution < 1.29 is 0 Å². The van der Waals surface area contributed by atoms with Crippen molar-refractivity contribution in [2.24, 2.45) is 5.73 Å². The van der Waals surface area contributed by atoms with E-state index < -0.39 is 0 Å². The number of hydrogen-bond donors (Lipinski definition) is 1. The van der Waals surface area contributed by atoms with Gasteiger partial charge in [-0.25, -0.2) is 0 Å². The van der Waals surface area contributed by atoms with E-state index in [1.165, 1.54) is 0 Å². The highest BCUT2D eigenvalue weighted by Gasteiger charge is 2.22. The van der Waals surface area contributed by atoms with Crippen LogP contribution in [0.5, 0.6) is 0 Å². The summed E-state index contributed by atoms with van der Waals surface area (Å²) in [7, 11) is 0. The molecule has 0 aromatic carbocycles. The van der Waals surface area contributed by atoms with Crippen molar-refractivity contribution in [3.63, 3.8) is 0 Å². The minimum absolute atomic E-state index is 0.119. The lowest BCUT2D eigenvalue weighted by molar-refractivity contribution is 0.214. The molecular weight excluding hydrogens is 226 g/mol. The second kappa shape index (κ2) is 5.20. The standard InChI is InChI=1S/C13H23N5/c1-11-4-5-12(16-15-11)18-8-6-17(7-9-18)10-13(2,3)14/h4-5H,6-10,14H2,1-3H3. The Hall–Kier alpha value is -1.20. The normalized spacial score (nSPS) is 18.1. The van der Waals surface area contributed by atoms with Crippen molar-refractivity contribution in [2.45, 2.75) is 26.3 Å². The van der Waals surface area contributed by atoms with Crippen LogP contribution in [-0.2, 0) is 0 Å². The SMILES string of the molecule is Cc1ccc(N2CCN(CC(C)(C)N)CC2)nn1. The molecule has 100 valence electrons. The zero-order valence-electron chi connectivity index (χ0n) is 11.6. The first-order chi connectivity index (χ1) is 8.44. The van der Waals surface area contributed by atoms with Crippen LogP contribution in [0.2, 0.25) is 0 Å². The summed E-state index contributed by atoms with van der Waals surface area (Å²) in [6, 6.07) is 4.06. The maximum absolute atomic E-state index is 6.05. The van der Waals surface area contributed by atoms with Crippen LogP contribution in [0.1, 0.15) is 19.5 Å². The summed E-state index contributed by atoms with van der Waals surface area (Å²) in [5.74, 6) is 0.979. The fourth-order valence-corrected chi connectivity index (χ4v) is 2.27. The molecule has 1 fully saturated rings. The highest BCUT2D eigenvalue weighted by molar-refractivity contribution is 5.37. The lowest BCUT2D eigenvalue weighted by Crippen LogP contribution is -2.53. The van der Waals surface area contributed by atoms with Crippen LogP contribution in [0, 0.1) is 6.92 Å². The van der Waals surface area contributed by atoms with E-state index in [1.54, 1.807) is 0 Å². The van der Waals surface area contributed by atoms with Crippen molar-refractivity contribution >= 4 is 5.82 Å². The molecule has 0 amide bonds. The Kier molecular flexibility index (Phi) is 3.82. The Morgan fingerprint density at radius 2 is 1.83 bits per heavy atom. The number of rotatable bonds is 3. The summed E-state index contributed by atoms with van der Waals surface area (Å²) in [5, 5.41) is 8.34. The number of hydrogen-bond acceptors (Lipinski definition) is 5. The van der Waals surface area contributed by atoms with Gasteiger partial charge in [0.25, 0.3) is 0 Å². The molecule has 0 bridgehead atoms. The number of anilines is 1.